The van der Waals surface area contributed by atoms with Gasteiger partial charge in [0.25, 0.3) is 0 Å². The second-order valence-electron chi connectivity index (χ2n) is 7.33. The molecule has 3 unspecified atom stereocenters. The maximum Gasteiger partial charge on any atom is 0.237 e. The molecular formula is C17H30N2O. The highest BCUT2D eigenvalue weighted by molar-refractivity contribution is 5.78. The minimum absolute atomic E-state index is 0.386. The van der Waals surface area contributed by atoms with Gasteiger partial charge in [-0.05, 0) is 64.3 Å². The van der Waals surface area contributed by atoms with Crippen molar-refractivity contribution in [3.63, 3.8) is 0 Å². The maximum absolute atomic E-state index is 12.7. The molecule has 3 fully saturated rings. The normalized spacial score (nSPS) is 32.0. The van der Waals surface area contributed by atoms with Crippen molar-refractivity contribution in [1.82, 2.24) is 9.80 Å². The molecule has 0 aromatic rings. The van der Waals surface area contributed by atoms with Gasteiger partial charge in [0.1, 0.15) is 0 Å². The van der Waals surface area contributed by atoms with Gasteiger partial charge in [-0.2, -0.15) is 0 Å². The van der Waals surface area contributed by atoms with Gasteiger partial charge >= 0.3 is 0 Å². The first kappa shape index (κ1) is 14.4. The Morgan fingerprint density at radius 3 is 2.60 bits per heavy atom. The van der Waals surface area contributed by atoms with Crippen LogP contribution in [-0.4, -0.2) is 47.9 Å². The molecule has 3 atom stereocenters. The Balaban J connectivity index is 1.57. The van der Waals surface area contributed by atoms with Crippen LogP contribution in [0.3, 0.4) is 0 Å². The Hall–Kier alpha value is -0.570. The van der Waals surface area contributed by atoms with Gasteiger partial charge in [0.2, 0.25) is 5.91 Å². The van der Waals surface area contributed by atoms with Crippen LogP contribution in [-0.2, 0) is 4.79 Å². The molecule has 0 radical (unpaired) electrons. The smallest absolute Gasteiger partial charge is 0.237 e. The van der Waals surface area contributed by atoms with E-state index in [1.165, 1.54) is 51.4 Å². The molecule has 1 amide bonds. The van der Waals surface area contributed by atoms with Gasteiger partial charge in [0, 0.05) is 18.6 Å². The summed E-state index contributed by atoms with van der Waals surface area (Å²) in [7, 11) is 2.13. The van der Waals surface area contributed by atoms with Crippen LogP contribution in [0.15, 0.2) is 0 Å². The lowest BCUT2D eigenvalue weighted by Crippen LogP contribution is -2.52. The summed E-state index contributed by atoms with van der Waals surface area (Å²) in [5, 5.41) is 0. The van der Waals surface area contributed by atoms with Gasteiger partial charge in [-0.15, -0.1) is 0 Å². The van der Waals surface area contributed by atoms with E-state index in [2.05, 4.69) is 23.8 Å². The van der Waals surface area contributed by atoms with Crippen LogP contribution in [0.5, 0.6) is 0 Å². The lowest BCUT2D eigenvalue weighted by atomic mass is 9.78. The molecule has 2 aliphatic carbocycles. The van der Waals surface area contributed by atoms with Gasteiger partial charge in [0.15, 0.2) is 0 Å². The Morgan fingerprint density at radius 1 is 1.15 bits per heavy atom. The molecule has 2 saturated carbocycles. The zero-order chi connectivity index (χ0) is 14.1. The average molecular weight is 278 g/mol. The Bertz CT molecular complexity index is 351. The molecule has 3 rings (SSSR count). The SMILES string of the molecule is CC(C1CC1)N(C)CC(=O)N1CCCC2CCCCC21. The molecule has 20 heavy (non-hydrogen) atoms. The van der Waals surface area contributed by atoms with Crippen molar-refractivity contribution < 1.29 is 4.79 Å². The van der Waals surface area contributed by atoms with E-state index in [0.717, 1.165) is 18.4 Å². The number of hydrogen-bond donors (Lipinski definition) is 0. The predicted molar refractivity (Wildman–Crippen MR) is 81.5 cm³/mol. The number of nitrogens with zero attached hydrogens (tertiary/aromatic N) is 2. The molecule has 1 saturated heterocycles. The van der Waals surface area contributed by atoms with E-state index in [1.54, 1.807) is 0 Å². The fraction of sp³-hybridized carbons (Fsp3) is 0.941. The van der Waals surface area contributed by atoms with Crippen molar-refractivity contribution in [3.05, 3.63) is 0 Å². The van der Waals surface area contributed by atoms with Crippen LogP contribution in [0.1, 0.15) is 58.3 Å². The Kier molecular flexibility index (Phi) is 4.34. The first-order chi connectivity index (χ1) is 9.66. The van der Waals surface area contributed by atoms with Crippen molar-refractivity contribution >= 4 is 5.91 Å². The summed E-state index contributed by atoms with van der Waals surface area (Å²) in [6, 6.07) is 1.14. The zero-order valence-corrected chi connectivity index (χ0v) is 13.2. The highest BCUT2D eigenvalue weighted by atomic mass is 16.2. The Labute approximate surface area is 123 Å². The number of amides is 1. The van der Waals surface area contributed by atoms with Crippen LogP contribution >= 0.6 is 0 Å². The molecule has 114 valence electrons. The molecule has 1 heterocycles. The lowest BCUT2D eigenvalue weighted by molar-refractivity contribution is -0.139. The third kappa shape index (κ3) is 3.03. The largest absolute Gasteiger partial charge is 0.338 e. The molecule has 0 bridgehead atoms. The van der Waals surface area contributed by atoms with E-state index in [0.29, 0.717) is 24.5 Å². The standard InChI is InChI=1S/C17H30N2O/c1-13(14-9-10-14)18(2)12-17(20)19-11-5-7-15-6-3-4-8-16(15)19/h13-16H,3-12H2,1-2H3. The fourth-order valence-electron chi connectivity index (χ4n) is 4.32. The van der Waals surface area contributed by atoms with E-state index in [4.69, 9.17) is 0 Å². The number of likely N-dealkylation sites (tertiary alicyclic amines) is 1. The summed E-state index contributed by atoms with van der Waals surface area (Å²) < 4.78 is 0. The van der Waals surface area contributed by atoms with Gasteiger partial charge in [-0.1, -0.05) is 12.8 Å². The minimum Gasteiger partial charge on any atom is -0.338 e. The highest BCUT2D eigenvalue weighted by Gasteiger charge is 2.37. The molecule has 0 spiro atoms. The number of fused-ring (bicyclic) bond motifs is 1. The van der Waals surface area contributed by atoms with Crippen molar-refractivity contribution in [2.24, 2.45) is 11.8 Å². The number of rotatable bonds is 4. The monoisotopic (exact) mass is 278 g/mol. The summed E-state index contributed by atoms with van der Waals surface area (Å²) >= 11 is 0. The second kappa shape index (κ2) is 6.05. The summed E-state index contributed by atoms with van der Waals surface area (Å²) in [6.07, 6.45) is 10.6. The molecule has 0 N–H and O–H groups in total. The molecule has 3 aliphatic rings. The summed E-state index contributed by atoms with van der Waals surface area (Å²) in [4.78, 5) is 17.2. The lowest BCUT2D eigenvalue weighted by Gasteiger charge is -2.44. The zero-order valence-electron chi connectivity index (χ0n) is 13.2. The predicted octanol–water partition coefficient (Wildman–Crippen LogP) is 2.90. The number of carbonyl (C=O) groups excluding carboxylic acids is 1. The van der Waals surface area contributed by atoms with Crippen molar-refractivity contribution in [2.75, 3.05) is 20.1 Å². The maximum atomic E-state index is 12.7. The molecule has 1 aliphatic heterocycles. The number of piperidine rings is 1. The molecular weight excluding hydrogens is 248 g/mol. The van der Waals surface area contributed by atoms with Gasteiger partial charge in [0.05, 0.1) is 6.54 Å². The van der Waals surface area contributed by atoms with E-state index >= 15 is 0 Å². The highest BCUT2D eigenvalue weighted by Crippen LogP contribution is 2.36. The third-order valence-corrected chi connectivity index (χ3v) is 5.95. The number of hydrogen-bond acceptors (Lipinski definition) is 2. The second-order valence-corrected chi connectivity index (χ2v) is 7.33. The fourth-order valence-corrected chi connectivity index (χ4v) is 4.32. The van der Waals surface area contributed by atoms with Gasteiger partial charge in [-0.3, -0.25) is 9.69 Å². The van der Waals surface area contributed by atoms with Crippen LogP contribution in [0.2, 0.25) is 0 Å². The minimum atomic E-state index is 0.386. The van der Waals surface area contributed by atoms with Crippen LogP contribution < -0.4 is 0 Å². The van der Waals surface area contributed by atoms with E-state index in [1.807, 2.05) is 0 Å². The van der Waals surface area contributed by atoms with Crippen molar-refractivity contribution in [2.45, 2.75) is 70.4 Å². The van der Waals surface area contributed by atoms with Gasteiger partial charge in [-0.25, -0.2) is 0 Å². The first-order valence-corrected chi connectivity index (χ1v) is 8.66. The number of carbonyl (C=O) groups is 1. The molecule has 0 aromatic heterocycles. The summed E-state index contributed by atoms with van der Waals surface area (Å²) in [5.41, 5.74) is 0. The molecule has 3 heteroatoms. The Morgan fingerprint density at radius 2 is 1.85 bits per heavy atom. The average Bonchev–Trinajstić information content (AvgIpc) is 3.30. The first-order valence-electron chi connectivity index (χ1n) is 8.66. The van der Waals surface area contributed by atoms with E-state index in [-0.39, 0.29) is 0 Å². The molecule has 3 nitrogen and oxygen atoms in total. The van der Waals surface area contributed by atoms with Crippen molar-refractivity contribution in [3.8, 4) is 0 Å². The van der Waals surface area contributed by atoms with Crippen molar-refractivity contribution in [1.29, 1.82) is 0 Å². The van der Waals surface area contributed by atoms with Crippen LogP contribution in [0.4, 0.5) is 0 Å². The van der Waals surface area contributed by atoms with Crippen LogP contribution in [0, 0.1) is 11.8 Å². The molecule has 0 aromatic carbocycles. The summed E-state index contributed by atoms with van der Waals surface area (Å²) in [6.45, 7) is 3.91. The van der Waals surface area contributed by atoms with E-state index < -0.39 is 0 Å². The number of likely N-dealkylation sites (N-methyl/N-ethyl adjacent to an activating group) is 1. The quantitative estimate of drug-likeness (QED) is 0.789. The summed E-state index contributed by atoms with van der Waals surface area (Å²) in [5.74, 6) is 2.03. The van der Waals surface area contributed by atoms with E-state index in [9.17, 15) is 4.79 Å². The third-order valence-electron chi connectivity index (χ3n) is 5.95. The van der Waals surface area contributed by atoms with Crippen LogP contribution in [0.25, 0.3) is 0 Å². The topological polar surface area (TPSA) is 23.6 Å². The van der Waals surface area contributed by atoms with Gasteiger partial charge < -0.3 is 4.90 Å².